The van der Waals surface area contributed by atoms with Crippen LogP contribution in [0, 0.1) is 0 Å². The van der Waals surface area contributed by atoms with Crippen LogP contribution in [0.4, 0.5) is 5.69 Å². The predicted molar refractivity (Wildman–Crippen MR) is 99.4 cm³/mol. The molecule has 1 heterocycles. The van der Waals surface area contributed by atoms with E-state index >= 15 is 0 Å². The molecule has 2 aromatic carbocycles. The Kier molecular flexibility index (Phi) is 5.07. The van der Waals surface area contributed by atoms with E-state index < -0.39 is 23.7 Å². The van der Waals surface area contributed by atoms with Crippen LogP contribution >= 0.6 is 0 Å². The van der Waals surface area contributed by atoms with Gasteiger partial charge in [0.15, 0.2) is 11.5 Å². The highest BCUT2D eigenvalue weighted by Crippen LogP contribution is 2.41. The van der Waals surface area contributed by atoms with Crippen molar-refractivity contribution in [3.8, 4) is 0 Å². The molecule has 1 aliphatic rings. The minimum atomic E-state index is -0.947. The van der Waals surface area contributed by atoms with Crippen molar-refractivity contribution in [1.82, 2.24) is 0 Å². The minimum absolute atomic E-state index is 0.0864. The Morgan fingerprint density at radius 3 is 2.22 bits per heavy atom. The zero-order chi connectivity index (χ0) is 19.6. The van der Waals surface area contributed by atoms with E-state index in [9.17, 15) is 19.5 Å². The van der Waals surface area contributed by atoms with E-state index in [-0.39, 0.29) is 24.2 Å². The molecule has 27 heavy (non-hydrogen) atoms. The molecule has 1 unspecified atom stereocenters. The number of benzene rings is 2. The fourth-order valence-electron chi connectivity index (χ4n) is 3.25. The average Bonchev–Trinajstić information content (AvgIpc) is 2.93. The summed E-state index contributed by atoms with van der Waals surface area (Å²) in [6.45, 7) is 1.68. The first kappa shape index (κ1) is 18.4. The Morgan fingerprint density at radius 1 is 1.04 bits per heavy atom. The molecule has 0 saturated heterocycles. The molecule has 0 spiro atoms. The molecule has 0 radical (unpaired) electrons. The first-order valence-corrected chi connectivity index (χ1v) is 8.59. The highest BCUT2D eigenvalue weighted by Gasteiger charge is 2.43. The molecule has 1 atom stereocenters. The van der Waals surface area contributed by atoms with E-state index in [4.69, 9.17) is 5.11 Å². The number of amides is 1. The Bertz CT molecular complexity index is 915. The molecular weight excluding hydrogens is 346 g/mol. The number of aliphatic carboxylic acids is 1. The molecule has 0 aromatic heterocycles. The zero-order valence-electron chi connectivity index (χ0n) is 14.8. The molecule has 2 aromatic rings. The quantitative estimate of drug-likeness (QED) is 0.820. The Morgan fingerprint density at radius 2 is 1.67 bits per heavy atom. The van der Waals surface area contributed by atoms with Crippen LogP contribution in [-0.2, 0) is 20.8 Å². The maximum atomic E-state index is 12.8. The first-order valence-electron chi connectivity index (χ1n) is 8.59. The maximum Gasteiger partial charge on any atom is 0.307 e. The summed E-state index contributed by atoms with van der Waals surface area (Å²) in [4.78, 5) is 37.4. The van der Waals surface area contributed by atoms with Crippen LogP contribution in [0.1, 0.15) is 30.5 Å². The molecule has 6 heteroatoms. The van der Waals surface area contributed by atoms with Crippen LogP contribution in [0.5, 0.6) is 0 Å². The Labute approximate surface area is 156 Å². The molecule has 3 rings (SSSR count). The topological polar surface area (TPSA) is 94.9 Å². The smallest absolute Gasteiger partial charge is 0.307 e. The highest BCUT2D eigenvalue weighted by molar-refractivity contribution is 6.16. The fraction of sp³-hybridized carbons (Fsp3) is 0.190. The summed E-state index contributed by atoms with van der Waals surface area (Å²) < 4.78 is 0. The van der Waals surface area contributed by atoms with Crippen molar-refractivity contribution in [3.05, 3.63) is 77.1 Å². The Hall–Kier alpha value is -3.41. The lowest BCUT2D eigenvalue weighted by molar-refractivity contribution is -0.136. The maximum absolute atomic E-state index is 12.8. The van der Waals surface area contributed by atoms with E-state index in [2.05, 4.69) is 0 Å². The predicted octanol–water partition coefficient (Wildman–Crippen LogP) is 3.19. The summed E-state index contributed by atoms with van der Waals surface area (Å²) in [6.07, 6.45) is 0.0425. The number of nitrogens with zero attached hydrogens (tertiary/aromatic N) is 1. The van der Waals surface area contributed by atoms with Crippen LogP contribution < -0.4 is 4.90 Å². The molecule has 1 amide bonds. The van der Waals surface area contributed by atoms with Crippen LogP contribution in [0.2, 0.25) is 0 Å². The van der Waals surface area contributed by atoms with Gasteiger partial charge in [0, 0.05) is 12.1 Å². The third-order valence-electron chi connectivity index (χ3n) is 4.51. The van der Waals surface area contributed by atoms with Crippen molar-refractivity contribution in [1.29, 1.82) is 0 Å². The number of carboxylic acid groups (broad SMARTS) is 1. The van der Waals surface area contributed by atoms with Gasteiger partial charge in [-0.1, -0.05) is 49.4 Å². The third kappa shape index (κ3) is 3.46. The highest BCUT2D eigenvalue weighted by atomic mass is 16.4. The van der Waals surface area contributed by atoms with Crippen LogP contribution in [0.15, 0.2) is 65.9 Å². The molecule has 1 aliphatic heterocycles. The monoisotopic (exact) mass is 365 g/mol. The van der Waals surface area contributed by atoms with Gasteiger partial charge in [-0.2, -0.15) is 0 Å². The number of Topliss-reactive ketones (excluding diaryl/α,β-unsaturated/α-hetero) is 1. The molecule has 6 nitrogen and oxygen atoms in total. The van der Waals surface area contributed by atoms with Gasteiger partial charge in [-0.3, -0.25) is 19.3 Å². The summed E-state index contributed by atoms with van der Waals surface area (Å²) >= 11 is 0. The van der Waals surface area contributed by atoms with Gasteiger partial charge in [-0.15, -0.1) is 0 Å². The van der Waals surface area contributed by atoms with Gasteiger partial charge in [0.25, 0.3) is 5.91 Å². The number of aliphatic hydroxyl groups is 1. The number of rotatable bonds is 6. The zero-order valence-corrected chi connectivity index (χ0v) is 14.8. The number of aliphatic hydroxyl groups excluding tert-OH is 1. The largest absolute Gasteiger partial charge is 0.503 e. The molecule has 2 N–H and O–H groups in total. The lowest BCUT2D eigenvalue weighted by Gasteiger charge is -2.27. The van der Waals surface area contributed by atoms with Crippen LogP contribution in [0.25, 0.3) is 0 Å². The SMILES string of the molecule is CCC(=O)C1=C(O)C(=O)N(c2ccc(CC(=O)O)cc2)C1c1ccccc1. The van der Waals surface area contributed by atoms with Gasteiger partial charge in [0.1, 0.15) is 0 Å². The average molecular weight is 365 g/mol. The van der Waals surface area contributed by atoms with Crippen molar-refractivity contribution in [2.45, 2.75) is 25.8 Å². The molecule has 0 saturated carbocycles. The van der Waals surface area contributed by atoms with Gasteiger partial charge >= 0.3 is 5.97 Å². The van der Waals surface area contributed by atoms with E-state index in [1.165, 1.54) is 4.90 Å². The van der Waals surface area contributed by atoms with Crippen LogP contribution in [-0.4, -0.2) is 27.9 Å². The molecule has 0 bridgehead atoms. The molecule has 138 valence electrons. The van der Waals surface area contributed by atoms with Gasteiger partial charge in [0.05, 0.1) is 18.0 Å². The van der Waals surface area contributed by atoms with Crippen molar-refractivity contribution >= 4 is 23.3 Å². The summed E-state index contributed by atoms with van der Waals surface area (Å²) in [7, 11) is 0. The van der Waals surface area contributed by atoms with Gasteiger partial charge in [-0.05, 0) is 23.3 Å². The van der Waals surface area contributed by atoms with E-state index in [1.807, 2.05) is 6.07 Å². The normalized spacial score (nSPS) is 16.7. The first-order chi connectivity index (χ1) is 12.9. The van der Waals surface area contributed by atoms with Gasteiger partial charge in [0.2, 0.25) is 0 Å². The number of carbonyl (C=O) groups is 3. The number of ketones is 1. The third-order valence-corrected chi connectivity index (χ3v) is 4.51. The number of hydrogen-bond donors (Lipinski definition) is 2. The van der Waals surface area contributed by atoms with Gasteiger partial charge < -0.3 is 10.2 Å². The van der Waals surface area contributed by atoms with E-state index in [1.54, 1.807) is 55.5 Å². The van der Waals surface area contributed by atoms with Crippen molar-refractivity contribution in [2.75, 3.05) is 4.90 Å². The minimum Gasteiger partial charge on any atom is -0.503 e. The van der Waals surface area contributed by atoms with Gasteiger partial charge in [-0.25, -0.2) is 0 Å². The summed E-state index contributed by atoms with van der Waals surface area (Å²) in [5, 5.41) is 19.3. The standard InChI is InChI=1S/C21H19NO5/c1-2-16(23)18-19(14-6-4-3-5-7-14)22(21(27)20(18)26)15-10-8-13(9-11-15)12-17(24)25/h3-11,19,26H,2,12H2,1H3,(H,24,25). The number of carboxylic acids is 1. The van der Waals surface area contributed by atoms with E-state index in [0.29, 0.717) is 16.8 Å². The second-order valence-electron chi connectivity index (χ2n) is 6.26. The molecule has 0 fully saturated rings. The summed E-state index contributed by atoms with van der Waals surface area (Å²) in [5.41, 5.74) is 1.87. The molecule has 0 aliphatic carbocycles. The number of hydrogen-bond acceptors (Lipinski definition) is 4. The second-order valence-corrected chi connectivity index (χ2v) is 6.26. The molecular formula is C21H19NO5. The Balaban J connectivity index is 2.07. The number of carbonyl (C=O) groups excluding carboxylic acids is 2. The second kappa shape index (κ2) is 7.45. The summed E-state index contributed by atoms with van der Waals surface area (Å²) in [5.74, 6) is -2.42. The van der Waals surface area contributed by atoms with Crippen LogP contribution in [0.3, 0.4) is 0 Å². The lowest BCUT2D eigenvalue weighted by atomic mass is 9.95. The fourth-order valence-corrected chi connectivity index (χ4v) is 3.25. The van der Waals surface area contributed by atoms with Crippen molar-refractivity contribution in [3.63, 3.8) is 0 Å². The van der Waals surface area contributed by atoms with Crippen molar-refractivity contribution < 1.29 is 24.6 Å². The lowest BCUT2D eigenvalue weighted by Crippen LogP contribution is -2.31. The van der Waals surface area contributed by atoms with Crippen molar-refractivity contribution in [2.24, 2.45) is 0 Å². The van der Waals surface area contributed by atoms with E-state index in [0.717, 1.165) is 0 Å². The number of anilines is 1. The summed E-state index contributed by atoms with van der Waals surface area (Å²) in [6, 6.07) is 14.8.